The normalized spacial score (nSPS) is 22.0. The maximum atomic E-state index is 12.6. The van der Waals surface area contributed by atoms with E-state index in [1.54, 1.807) is 6.20 Å². The van der Waals surface area contributed by atoms with Crippen molar-refractivity contribution in [3.05, 3.63) is 18.0 Å². The van der Waals surface area contributed by atoms with E-state index >= 15 is 0 Å². The minimum Gasteiger partial charge on any atom is -0.356 e. The first-order valence-corrected chi connectivity index (χ1v) is 10.4. The quantitative estimate of drug-likeness (QED) is 0.722. The summed E-state index contributed by atoms with van der Waals surface area (Å²) >= 11 is 0. The van der Waals surface area contributed by atoms with E-state index in [4.69, 9.17) is 0 Å². The number of hydrogen-bond acceptors (Lipinski definition) is 6. The van der Waals surface area contributed by atoms with Gasteiger partial charge in [-0.25, -0.2) is 9.97 Å². The molecule has 1 atom stereocenters. The van der Waals surface area contributed by atoms with E-state index in [1.165, 1.54) is 13.1 Å². The first-order valence-electron chi connectivity index (χ1n) is 10.4. The second-order valence-electron chi connectivity index (χ2n) is 7.70. The predicted octanol–water partition coefficient (Wildman–Crippen LogP) is 1.15. The highest BCUT2D eigenvalue weighted by molar-refractivity contribution is 5.79. The van der Waals surface area contributed by atoms with Gasteiger partial charge in [0, 0.05) is 57.7 Å². The third-order valence-corrected chi connectivity index (χ3v) is 5.72. The number of nitrogens with one attached hydrogen (secondary N) is 1. The van der Waals surface area contributed by atoms with Gasteiger partial charge in [-0.1, -0.05) is 6.92 Å². The first kappa shape index (κ1) is 20.0. The lowest BCUT2D eigenvalue weighted by molar-refractivity contribution is -0.125. The number of piperazine rings is 1. The van der Waals surface area contributed by atoms with E-state index in [2.05, 4.69) is 36.9 Å². The zero-order valence-corrected chi connectivity index (χ0v) is 16.9. The van der Waals surface area contributed by atoms with Gasteiger partial charge in [-0.2, -0.15) is 0 Å². The Bertz CT molecular complexity index is 602. The number of nitrogens with zero attached hydrogens (tertiary/aromatic N) is 5. The van der Waals surface area contributed by atoms with Crippen molar-refractivity contribution in [2.75, 3.05) is 63.8 Å². The van der Waals surface area contributed by atoms with Crippen LogP contribution >= 0.6 is 0 Å². The van der Waals surface area contributed by atoms with Crippen molar-refractivity contribution in [2.24, 2.45) is 5.92 Å². The third-order valence-electron chi connectivity index (χ3n) is 5.72. The third kappa shape index (κ3) is 5.87. The lowest BCUT2D eigenvalue weighted by Gasteiger charge is -2.34. The van der Waals surface area contributed by atoms with Gasteiger partial charge in [-0.15, -0.1) is 0 Å². The number of aromatic nitrogens is 2. The van der Waals surface area contributed by atoms with E-state index in [9.17, 15) is 4.79 Å². The fraction of sp³-hybridized carbons (Fsp3) is 0.750. The van der Waals surface area contributed by atoms with Gasteiger partial charge in [0.05, 0.1) is 5.92 Å². The Morgan fingerprint density at radius 3 is 2.74 bits per heavy atom. The molecule has 3 heterocycles. The molecule has 2 fully saturated rings. The monoisotopic (exact) mass is 374 g/mol. The predicted molar refractivity (Wildman–Crippen MR) is 108 cm³/mol. The summed E-state index contributed by atoms with van der Waals surface area (Å²) < 4.78 is 0. The van der Waals surface area contributed by atoms with Crippen LogP contribution in [0.4, 0.5) is 5.95 Å². The Hall–Kier alpha value is -1.73. The molecule has 1 N–H and O–H groups in total. The van der Waals surface area contributed by atoms with Crippen molar-refractivity contribution in [1.29, 1.82) is 0 Å². The number of likely N-dealkylation sites (N-methyl/N-ethyl adjacent to an activating group) is 1. The second-order valence-corrected chi connectivity index (χ2v) is 7.70. The van der Waals surface area contributed by atoms with Crippen LogP contribution in [0, 0.1) is 12.8 Å². The number of anilines is 1. The van der Waals surface area contributed by atoms with Crippen LogP contribution in [0.5, 0.6) is 0 Å². The maximum absolute atomic E-state index is 12.6. The lowest BCUT2D eigenvalue weighted by Crippen LogP contribution is -2.47. The molecule has 1 amide bonds. The standard InChI is InChI=1S/C20H34N6O/c1-3-24-12-14-25(15-13-24)10-5-8-21-19(27)18-6-4-11-26(16-18)20-22-9-7-17(2)23-20/h7,9,18H,3-6,8,10-16H2,1-2H3,(H,21,27). The summed E-state index contributed by atoms with van der Waals surface area (Å²) in [4.78, 5) is 28.6. The van der Waals surface area contributed by atoms with Crippen LogP contribution in [0.2, 0.25) is 0 Å². The highest BCUT2D eigenvalue weighted by atomic mass is 16.1. The van der Waals surface area contributed by atoms with Crippen molar-refractivity contribution >= 4 is 11.9 Å². The van der Waals surface area contributed by atoms with Crippen LogP contribution < -0.4 is 10.2 Å². The molecule has 2 aliphatic heterocycles. The smallest absolute Gasteiger partial charge is 0.225 e. The molecule has 1 aromatic heterocycles. The van der Waals surface area contributed by atoms with Crippen molar-refractivity contribution in [3.8, 4) is 0 Å². The Morgan fingerprint density at radius 1 is 1.22 bits per heavy atom. The number of aryl methyl sites for hydroxylation is 1. The summed E-state index contributed by atoms with van der Waals surface area (Å²) in [5, 5.41) is 3.15. The zero-order chi connectivity index (χ0) is 19.1. The SMILES string of the molecule is CCN1CCN(CCCNC(=O)C2CCCN(c3nccc(C)n3)C2)CC1. The molecular weight excluding hydrogens is 340 g/mol. The summed E-state index contributed by atoms with van der Waals surface area (Å²) in [7, 11) is 0. The molecule has 1 aromatic rings. The molecule has 7 nitrogen and oxygen atoms in total. The van der Waals surface area contributed by atoms with Gasteiger partial charge in [0.2, 0.25) is 11.9 Å². The van der Waals surface area contributed by atoms with Crippen molar-refractivity contribution in [1.82, 2.24) is 25.1 Å². The largest absolute Gasteiger partial charge is 0.356 e. The van der Waals surface area contributed by atoms with Crippen LogP contribution in [0.1, 0.15) is 31.9 Å². The van der Waals surface area contributed by atoms with Crippen LogP contribution in [0.15, 0.2) is 12.3 Å². The highest BCUT2D eigenvalue weighted by Gasteiger charge is 2.27. The van der Waals surface area contributed by atoms with Gasteiger partial charge in [0.15, 0.2) is 0 Å². The molecule has 7 heteroatoms. The van der Waals surface area contributed by atoms with Gasteiger partial charge >= 0.3 is 0 Å². The van der Waals surface area contributed by atoms with Crippen LogP contribution in [-0.4, -0.2) is 84.6 Å². The minimum atomic E-state index is 0.0379. The number of rotatable bonds is 7. The molecule has 0 radical (unpaired) electrons. The summed E-state index contributed by atoms with van der Waals surface area (Å²) in [5.74, 6) is 0.970. The number of carbonyl (C=O) groups is 1. The van der Waals surface area contributed by atoms with Crippen molar-refractivity contribution < 1.29 is 4.79 Å². The molecule has 0 saturated carbocycles. The molecular formula is C20H34N6O. The van der Waals surface area contributed by atoms with E-state index in [-0.39, 0.29) is 11.8 Å². The Morgan fingerprint density at radius 2 is 2.00 bits per heavy atom. The number of amides is 1. The van der Waals surface area contributed by atoms with E-state index in [1.807, 2.05) is 13.0 Å². The van der Waals surface area contributed by atoms with Crippen LogP contribution in [0.3, 0.4) is 0 Å². The summed E-state index contributed by atoms with van der Waals surface area (Å²) in [6.45, 7) is 13.5. The Kier molecular flexibility index (Phi) is 7.41. The molecule has 3 rings (SSSR count). The van der Waals surface area contributed by atoms with Gasteiger partial charge in [0.1, 0.15) is 0 Å². The van der Waals surface area contributed by atoms with Crippen molar-refractivity contribution in [3.63, 3.8) is 0 Å². The van der Waals surface area contributed by atoms with E-state index < -0.39 is 0 Å². The lowest BCUT2D eigenvalue weighted by atomic mass is 9.97. The first-order chi connectivity index (χ1) is 13.2. The van der Waals surface area contributed by atoms with E-state index in [0.29, 0.717) is 6.54 Å². The van der Waals surface area contributed by atoms with Crippen LogP contribution in [-0.2, 0) is 4.79 Å². The average molecular weight is 375 g/mol. The van der Waals surface area contributed by atoms with Gasteiger partial charge in [0.25, 0.3) is 0 Å². The molecule has 27 heavy (non-hydrogen) atoms. The van der Waals surface area contributed by atoms with Crippen molar-refractivity contribution in [2.45, 2.75) is 33.1 Å². The van der Waals surface area contributed by atoms with E-state index in [0.717, 1.165) is 70.2 Å². The Labute approximate surface area is 163 Å². The molecule has 1 unspecified atom stereocenters. The number of hydrogen-bond donors (Lipinski definition) is 1. The molecule has 150 valence electrons. The Balaban J connectivity index is 1.37. The van der Waals surface area contributed by atoms with Crippen LogP contribution in [0.25, 0.3) is 0 Å². The topological polar surface area (TPSA) is 64.6 Å². The molecule has 0 bridgehead atoms. The zero-order valence-electron chi connectivity index (χ0n) is 16.9. The van der Waals surface area contributed by atoms with Gasteiger partial charge in [-0.05, 0) is 45.3 Å². The molecule has 0 spiro atoms. The average Bonchev–Trinajstić information content (AvgIpc) is 2.71. The second kappa shape index (κ2) is 9.99. The fourth-order valence-corrected chi connectivity index (χ4v) is 3.95. The summed E-state index contributed by atoms with van der Waals surface area (Å²) in [5.41, 5.74) is 0.964. The van der Waals surface area contributed by atoms with Gasteiger partial charge < -0.3 is 20.0 Å². The summed E-state index contributed by atoms with van der Waals surface area (Å²) in [6, 6.07) is 1.90. The van der Waals surface area contributed by atoms with Gasteiger partial charge in [-0.3, -0.25) is 4.79 Å². The minimum absolute atomic E-state index is 0.0379. The fourth-order valence-electron chi connectivity index (χ4n) is 3.95. The molecule has 2 saturated heterocycles. The number of carbonyl (C=O) groups excluding carboxylic acids is 1. The highest BCUT2D eigenvalue weighted by Crippen LogP contribution is 2.20. The molecule has 0 aromatic carbocycles. The number of piperidine rings is 1. The maximum Gasteiger partial charge on any atom is 0.225 e. The molecule has 0 aliphatic carbocycles. The summed E-state index contributed by atoms with van der Waals surface area (Å²) in [6.07, 6.45) is 4.78. The molecule has 2 aliphatic rings.